The molecule has 1 aromatic carbocycles. The zero-order chi connectivity index (χ0) is 18.1. The molecule has 0 saturated heterocycles. The predicted molar refractivity (Wildman–Crippen MR) is 93.8 cm³/mol. The van der Waals surface area contributed by atoms with Crippen molar-refractivity contribution in [2.75, 3.05) is 7.11 Å². The summed E-state index contributed by atoms with van der Waals surface area (Å²) in [6.07, 6.45) is 6.19. The molecular weight excluding hydrogens is 322 g/mol. The summed E-state index contributed by atoms with van der Waals surface area (Å²) in [5.74, 6) is 0.480. The van der Waals surface area contributed by atoms with Gasteiger partial charge in [0.25, 0.3) is 0 Å². The number of nitrogens with one attached hydrogen (secondary N) is 1. The van der Waals surface area contributed by atoms with Gasteiger partial charge in [-0.3, -0.25) is 9.59 Å². The Morgan fingerprint density at radius 3 is 2.60 bits per heavy atom. The van der Waals surface area contributed by atoms with E-state index in [9.17, 15) is 9.59 Å². The van der Waals surface area contributed by atoms with E-state index >= 15 is 0 Å². The minimum absolute atomic E-state index is 0.0833. The number of carbonyl (C=O) groups is 2. The number of unbranched alkanes of at least 4 members (excludes halogenated alkanes) is 1. The fourth-order valence-electron chi connectivity index (χ4n) is 3.01. The standard InChI is InChI=1S/C19H27NO5/c1-24-16-10-6-7-14(19(16)25-15-8-2-3-9-15)13-20-17(21)11-4-5-12-18(22)23/h6-7,10,15H,2-5,8-9,11-13H2,1H3,(H,20,21)(H,22,23). The summed E-state index contributed by atoms with van der Waals surface area (Å²) < 4.78 is 11.6. The number of carbonyl (C=O) groups excluding carboxylic acids is 1. The number of benzene rings is 1. The van der Waals surface area contributed by atoms with E-state index in [0.29, 0.717) is 37.3 Å². The molecule has 0 atom stereocenters. The molecule has 1 aliphatic rings. The molecule has 0 aliphatic heterocycles. The highest BCUT2D eigenvalue weighted by Gasteiger charge is 2.20. The summed E-state index contributed by atoms with van der Waals surface area (Å²) in [5.41, 5.74) is 0.894. The van der Waals surface area contributed by atoms with E-state index in [1.807, 2.05) is 18.2 Å². The van der Waals surface area contributed by atoms with Crippen LogP contribution in [0.2, 0.25) is 0 Å². The molecule has 138 valence electrons. The van der Waals surface area contributed by atoms with Gasteiger partial charge in [0.2, 0.25) is 5.91 Å². The van der Waals surface area contributed by atoms with Crippen LogP contribution in [0.25, 0.3) is 0 Å². The quantitative estimate of drug-likeness (QED) is 0.633. The number of ether oxygens (including phenoxy) is 2. The molecular formula is C19H27NO5. The van der Waals surface area contributed by atoms with Gasteiger partial charge in [0, 0.05) is 24.9 Å². The van der Waals surface area contributed by atoms with Gasteiger partial charge in [0.1, 0.15) is 0 Å². The van der Waals surface area contributed by atoms with Gasteiger partial charge in [0.15, 0.2) is 11.5 Å². The first kappa shape index (κ1) is 19.1. The van der Waals surface area contributed by atoms with Gasteiger partial charge in [-0.25, -0.2) is 0 Å². The number of carboxylic acid groups (broad SMARTS) is 1. The predicted octanol–water partition coefficient (Wildman–Crippen LogP) is 3.28. The Morgan fingerprint density at radius 2 is 1.92 bits per heavy atom. The van der Waals surface area contributed by atoms with Gasteiger partial charge in [-0.15, -0.1) is 0 Å². The number of aliphatic carboxylic acids is 1. The number of carboxylic acids is 1. The van der Waals surface area contributed by atoms with Crippen LogP contribution in [0, 0.1) is 0 Å². The summed E-state index contributed by atoms with van der Waals surface area (Å²) in [6, 6.07) is 5.67. The summed E-state index contributed by atoms with van der Waals surface area (Å²) in [4.78, 5) is 22.4. The van der Waals surface area contributed by atoms with Crippen LogP contribution in [0.1, 0.15) is 56.9 Å². The highest BCUT2D eigenvalue weighted by atomic mass is 16.5. The molecule has 1 fully saturated rings. The van der Waals surface area contributed by atoms with Crippen molar-refractivity contribution in [2.45, 2.75) is 64.0 Å². The van der Waals surface area contributed by atoms with Crippen molar-refractivity contribution < 1.29 is 24.2 Å². The van der Waals surface area contributed by atoms with Gasteiger partial charge in [-0.1, -0.05) is 12.1 Å². The van der Waals surface area contributed by atoms with Crippen LogP contribution in [0.3, 0.4) is 0 Å². The van der Waals surface area contributed by atoms with Crippen LogP contribution in [-0.2, 0) is 16.1 Å². The first-order chi connectivity index (χ1) is 12.1. The lowest BCUT2D eigenvalue weighted by Crippen LogP contribution is -2.23. The molecule has 6 nitrogen and oxygen atoms in total. The second-order valence-corrected chi connectivity index (χ2v) is 6.35. The summed E-state index contributed by atoms with van der Waals surface area (Å²) in [5, 5.41) is 11.5. The monoisotopic (exact) mass is 349 g/mol. The molecule has 2 N–H and O–H groups in total. The fourth-order valence-corrected chi connectivity index (χ4v) is 3.01. The maximum atomic E-state index is 11.9. The van der Waals surface area contributed by atoms with E-state index in [1.54, 1.807) is 7.11 Å². The van der Waals surface area contributed by atoms with E-state index in [1.165, 1.54) is 12.8 Å². The normalized spacial score (nSPS) is 14.3. The number of rotatable bonds is 10. The van der Waals surface area contributed by atoms with Gasteiger partial charge < -0.3 is 19.9 Å². The maximum absolute atomic E-state index is 11.9. The van der Waals surface area contributed by atoms with Crippen molar-refractivity contribution in [2.24, 2.45) is 0 Å². The lowest BCUT2D eigenvalue weighted by atomic mass is 10.1. The average Bonchev–Trinajstić information content (AvgIpc) is 3.10. The van der Waals surface area contributed by atoms with E-state index < -0.39 is 5.97 Å². The Hall–Kier alpha value is -2.24. The number of hydrogen-bond donors (Lipinski definition) is 2. The number of para-hydroxylation sites is 1. The third-order valence-electron chi connectivity index (χ3n) is 4.39. The first-order valence-electron chi connectivity index (χ1n) is 8.91. The Morgan fingerprint density at radius 1 is 1.20 bits per heavy atom. The van der Waals surface area contributed by atoms with Crippen LogP contribution < -0.4 is 14.8 Å². The molecule has 0 radical (unpaired) electrons. The molecule has 1 aliphatic carbocycles. The molecule has 1 saturated carbocycles. The van der Waals surface area contributed by atoms with E-state index in [4.69, 9.17) is 14.6 Å². The second-order valence-electron chi connectivity index (χ2n) is 6.35. The molecule has 0 bridgehead atoms. The van der Waals surface area contributed by atoms with Gasteiger partial charge in [-0.05, 0) is 44.6 Å². The maximum Gasteiger partial charge on any atom is 0.303 e. The number of amides is 1. The Labute approximate surface area is 148 Å². The van der Waals surface area contributed by atoms with Crippen LogP contribution in [0.15, 0.2) is 18.2 Å². The zero-order valence-electron chi connectivity index (χ0n) is 14.8. The third kappa shape index (κ3) is 6.29. The van der Waals surface area contributed by atoms with E-state index in [0.717, 1.165) is 18.4 Å². The Kier molecular flexibility index (Phi) is 7.57. The SMILES string of the molecule is COc1cccc(CNC(=O)CCCCC(=O)O)c1OC1CCCC1. The molecule has 0 unspecified atom stereocenters. The van der Waals surface area contributed by atoms with E-state index in [-0.39, 0.29) is 18.4 Å². The van der Waals surface area contributed by atoms with Crippen molar-refractivity contribution in [1.29, 1.82) is 0 Å². The molecule has 2 rings (SSSR count). The molecule has 25 heavy (non-hydrogen) atoms. The number of hydrogen-bond acceptors (Lipinski definition) is 4. The lowest BCUT2D eigenvalue weighted by Gasteiger charge is -2.19. The minimum Gasteiger partial charge on any atom is -0.493 e. The van der Waals surface area contributed by atoms with Crippen molar-refractivity contribution in [3.63, 3.8) is 0 Å². The molecule has 1 amide bonds. The summed E-state index contributed by atoms with van der Waals surface area (Å²) in [7, 11) is 1.61. The van der Waals surface area contributed by atoms with Crippen LogP contribution in [0.4, 0.5) is 0 Å². The number of methoxy groups -OCH3 is 1. The molecule has 0 aromatic heterocycles. The Balaban J connectivity index is 1.89. The van der Waals surface area contributed by atoms with Crippen molar-refractivity contribution in [3.05, 3.63) is 23.8 Å². The molecule has 0 heterocycles. The Bertz CT molecular complexity index is 581. The van der Waals surface area contributed by atoms with Crippen molar-refractivity contribution >= 4 is 11.9 Å². The van der Waals surface area contributed by atoms with Crippen LogP contribution in [0.5, 0.6) is 11.5 Å². The third-order valence-corrected chi connectivity index (χ3v) is 4.39. The molecule has 0 spiro atoms. The minimum atomic E-state index is -0.828. The summed E-state index contributed by atoms with van der Waals surface area (Å²) in [6.45, 7) is 0.372. The highest BCUT2D eigenvalue weighted by molar-refractivity contribution is 5.76. The molecule has 1 aromatic rings. The van der Waals surface area contributed by atoms with Crippen LogP contribution >= 0.6 is 0 Å². The van der Waals surface area contributed by atoms with E-state index in [2.05, 4.69) is 5.32 Å². The van der Waals surface area contributed by atoms with Crippen molar-refractivity contribution in [1.82, 2.24) is 5.32 Å². The van der Waals surface area contributed by atoms with Crippen LogP contribution in [-0.4, -0.2) is 30.2 Å². The van der Waals surface area contributed by atoms with Crippen molar-refractivity contribution in [3.8, 4) is 11.5 Å². The smallest absolute Gasteiger partial charge is 0.303 e. The molecule has 6 heteroatoms. The lowest BCUT2D eigenvalue weighted by molar-refractivity contribution is -0.137. The summed E-state index contributed by atoms with van der Waals surface area (Å²) >= 11 is 0. The highest BCUT2D eigenvalue weighted by Crippen LogP contribution is 2.34. The first-order valence-corrected chi connectivity index (χ1v) is 8.91. The fraction of sp³-hybridized carbons (Fsp3) is 0.579. The van der Waals surface area contributed by atoms with Gasteiger partial charge in [0.05, 0.1) is 13.2 Å². The second kappa shape index (κ2) is 9.91. The topological polar surface area (TPSA) is 84.9 Å². The van der Waals surface area contributed by atoms with Gasteiger partial charge in [-0.2, -0.15) is 0 Å². The average molecular weight is 349 g/mol. The van der Waals surface area contributed by atoms with Gasteiger partial charge >= 0.3 is 5.97 Å². The zero-order valence-corrected chi connectivity index (χ0v) is 14.8. The largest absolute Gasteiger partial charge is 0.493 e.